The van der Waals surface area contributed by atoms with Crippen LogP contribution < -0.4 is 5.32 Å². The van der Waals surface area contributed by atoms with Crippen LogP contribution in [0, 0.1) is 5.92 Å². The molecule has 0 aliphatic heterocycles. The van der Waals surface area contributed by atoms with Crippen LogP contribution in [-0.4, -0.2) is 38.4 Å². The summed E-state index contributed by atoms with van der Waals surface area (Å²) in [6.45, 7) is 5.91. The van der Waals surface area contributed by atoms with Gasteiger partial charge in [-0.15, -0.1) is 0 Å². The highest BCUT2D eigenvalue weighted by atomic mass is 16.5. The fourth-order valence-corrected chi connectivity index (χ4v) is 2.31. The molecule has 0 bridgehead atoms. The van der Waals surface area contributed by atoms with Gasteiger partial charge in [0.1, 0.15) is 0 Å². The Kier molecular flexibility index (Phi) is 5.92. The van der Waals surface area contributed by atoms with Gasteiger partial charge in [-0.3, -0.25) is 4.79 Å². The van der Waals surface area contributed by atoms with Gasteiger partial charge in [0.05, 0.1) is 25.2 Å². The lowest BCUT2D eigenvalue weighted by Gasteiger charge is -2.34. The summed E-state index contributed by atoms with van der Waals surface area (Å²) in [4.78, 5) is 11.7. The molecule has 0 aromatic carbocycles. The van der Waals surface area contributed by atoms with Crippen LogP contribution in [0.25, 0.3) is 0 Å². The predicted octanol–water partition coefficient (Wildman–Crippen LogP) is 1.73. The lowest BCUT2D eigenvalue weighted by Crippen LogP contribution is -2.53. The minimum atomic E-state index is -0.211. The topological polar surface area (TPSA) is 47.6 Å². The maximum absolute atomic E-state index is 11.7. The molecule has 17 heavy (non-hydrogen) atoms. The number of hydrogen-bond donors (Lipinski definition) is 1. The Labute approximate surface area is 104 Å². The van der Waals surface area contributed by atoms with Crippen LogP contribution in [0.2, 0.25) is 0 Å². The van der Waals surface area contributed by atoms with E-state index < -0.39 is 0 Å². The van der Waals surface area contributed by atoms with E-state index in [-0.39, 0.29) is 11.5 Å². The minimum absolute atomic E-state index is 0.125. The fourth-order valence-electron chi connectivity index (χ4n) is 2.31. The van der Waals surface area contributed by atoms with E-state index in [4.69, 9.17) is 9.47 Å². The second-order valence-corrected chi connectivity index (χ2v) is 4.77. The lowest BCUT2D eigenvalue weighted by atomic mass is 9.90. The van der Waals surface area contributed by atoms with E-state index in [2.05, 4.69) is 12.2 Å². The smallest absolute Gasteiger partial charge is 0.307 e. The summed E-state index contributed by atoms with van der Waals surface area (Å²) in [6, 6.07) is 0. The molecule has 0 amide bonds. The first kappa shape index (κ1) is 14.5. The van der Waals surface area contributed by atoms with Gasteiger partial charge in [-0.05, 0) is 38.6 Å². The maximum Gasteiger partial charge on any atom is 0.307 e. The molecular formula is C13H25NO3. The molecule has 1 aliphatic rings. The van der Waals surface area contributed by atoms with Gasteiger partial charge in [-0.2, -0.15) is 0 Å². The number of nitrogens with one attached hydrogen (secondary N) is 1. The molecule has 4 heteroatoms. The second kappa shape index (κ2) is 6.97. The van der Waals surface area contributed by atoms with Crippen molar-refractivity contribution in [1.29, 1.82) is 0 Å². The molecule has 0 aromatic heterocycles. The van der Waals surface area contributed by atoms with Gasteiger partial charge in [0.15, 0.2) is 0 Å². The van der Waals surface area contributed by atoms with Gasteiger partial charge in [0.25, 0.3) is 0 Å². The Morgan fingerprint density at radius 3 is 2.59 bits per heavy atom. The first-order valence-corrected chi connectivity index (χ1v) is 6.58. The van der Waals surface area contributed by atoms with Gasteiger partial charge < -0.3 is 14.8 Å². The zero-order chi connectivity index (χ0) is 12.7. The molecule has 1 aliphatic carbocycles. The summed E-state index contributed by atoms with van der Waals surface area (Å²) < 4.78 is 10.4. The van der Waals surface area contributed by atoms with Crippen LogP contribution in [0.1, 0.15) is 39.5 Å². The summed E-state index contributed by atoms with van der Waals surface area (Å²) >= 11 is 0. The second-order valence-electron chi connectivity index (χ2n) is 4.77. The van der Waals surface area contributed by atoms with E-state index in [1.54, 1.807) is 7.11 Å². The van der Waals surface area contributed by atoms with E-state index in [9.17, 15) is 4.79 Å². The monoisotopic (exact) mass is 243 g/mol. The highest BCUT2D eigenvalue weighted by molar-refractivity contribution is 5.71. The average molecular weight is 243 g/mol. The lowest BCUT2D eigenvalue weighted by molar-refractivity contribution is -0.146. The highest BCUT2D eigenvalue weighted by Crippen LogP contribution is 2.42. The van der Waals surface area contributed by atoms with Gasteiger partial charge >= 0.3 is 5.97 Å². The molecule has 4 nitrogen and oxygen atoms in total. The molecule has 1 atom stereocenters. The summed E-state index contributed by atoms with van der Waals surface area (Å²) in [7, 11) is 1.69. The first-order chi connectivity index (χ1) is 8.18. The van der Waals surface area contributed by atoms with E-state index in [0.29, 0.717) is 25.6 Å². The summed E-state index contributed by atoms with van der Waals surface area (Å²) in [5, 5.41) is 3.51. The molecule has 1 saturated carbocycles. The molecule has 1 fully saturated rings. The normalized spacial score (nSPS) is 18.8. The molecule has 1 unspecified atom stereocenters. The van der Waals surface area contributed by atoms with Crippen molar-refractivity contribution in [2.75, 3.05) is 26.9 Å². The van der Waals surface area contributed by atoms with Crippen LogP contribution in [0.15, 0.2) is 0 Å². The summed E-state index contributed by atoms with van der Waals surface area (Å²) in [6.07, 6.45) is 3.83. The van der Waals surface area contributed by atoms with Gasteiger partial charge in [-0.1, -0.05) is 6.92 Å². The van der Waals surface area contributed by atoms with Crippen molar-refractivity contribution in [3.63, 3.8) is 0 Å². The van der Waals surface area contributed by atoms with Crippen LogP contribution in [0.4, 0.5) is 0 Å². The Morgan fingerprint density at radius 1 is 1.41 bits per heavy atom. The van der Waals surface area contributed by atoms with E-state index in [0.717, 1.165) is 13.0 Å². The quantitative estimate of drug-likeness (QED) is 0.627. The number of carbonyl (C=O) groups excluding carboxylic acids is 1. The van der Waals surface area contributed by atoms with Crippen molar-refractivity contribution < 1.29 is 14.3 Å². The fraction of sp³-hybridized carbons (Fsp3) is 0.923. The minimum Gasteiger partial charge on any atom is -0.466 e. The Morgan fingerprint density at radius 2 is 2.12 bits per heavy atom. The third kappa shape index (κ3) is 4.28. The predicted molar refractivity (Wildman–Crippen MR) is 66.9 cm³/mol. The van der Waals surface area contributed by atoms with Gasteiger partial charge in [0, 0.05) is 7.11 Å². The number of rotatable bonds is 9. The van der Waals surface area contributed by atoms with Crippen molar-refractivity contribution in [1.82, 2.24) is 5.32 Å². The molecule has 0 heterocycles. The zero-order valence-corrected chi connectivity index (χ0v) is 11.3. The Bertz CT molecular complexity index is 241. The Balaban J connectivity index is 2.63. The highest BCUT2D eigenvalue weighted by Gasteiger charge is 2.46. The SMILES string of the molecule is CCCNC(COC)(CC(=O)OCC)C1CC1. The Hall–Kier alpha value is -0.610. The number of methoxy groups -OCH3 is 1. The number of carbonyl (C=O) groups is 1. The first-order valence-electron chi connectivity index (χ1n) is 6.58. The van der Waals surface area contributed by atoms with Crippen molar-refractivity contribution >= 4 is 5.97 Å². The molecule has 0 aromatic rings. The van der Waals surface area contributed by atoms with E-state index >= 15 is 0 Å². The van der Waals surface area contributed by atoms with Crippen LogP contribution in [-0.2, 0) is 14.3 Å². The molecule has 1 rings (SSSR count). The molecule has 0 spiro atoms. The van der Waals surface area contributed by atoms with Crippen LogP contribution >= 0.6 is 0 Å². The number of esters is 1. The number of hydrogen-bond acceptors (Lipinski definition) is 4. The molecule has 100 valence electrons. The van der Waals surface area contributed by atoms with Crippen molar-refractivity contribution in [3.05, 3.63) is 0 Å². The van der Waals surface area contributed by atoms with Crippen molar-refractivity contribution in [2.45, 2.75) is 45.1 Å². The van der Waals surface area contributed by atoms with Gasteiger partial charge in [0.2, 0.25) is 0 Å². The van der Waals surface area contributed by atoms with Crippen LogP contribution in [0.5, 0.6) is 0 Å². The molecule has 0 radical (unpaired) electrons. The maximum atomic E-state index is 11.7. The molecular weight excluding hydrogens is 218 g/mol. The summed E-state index contributed by atoms with van der Waals surface area (Å²) in [5.74, 6) is 0.429. The van der Waals surface area contributed by atoms with Crippen molar-refractivity contribution in [2.24, 2.45) is 5.92 Å². The third-order valence-corrected chi connectivity index (χ3v) is 3.25. The average Bonchev–Trinajstić information content (AvgIpc) is 3.10. The van der Waals surface area contributed by atoms with Gasteiger partial charge in [-0.25, -0.2) is 0 Å². The number of ether oxygens (including phenoxy) is 2. The van der Waals surface area contributed by atoms with E-state index in [1.807, 2.05) is 6.92 Å². The largest absolute Gasteiger partial charge is 0.466 e. The summed E-state index contributed by atoms with van der Waals surface area (Å²) in [5.41, 5.74) is -0.211. The zero-order valence-electron chi connectivity index (χ0n) is 11.3. The molecule has 0 saturated heterocycles. The van der Waals surface area contributed by atoms with Crippen LogP contribution in [0.3, 0.4) is 0 Å². The third-order valence-electron chi connectivity index (χ3n) is 3.25. The van der Waals surface area contributed by atoms with E-state index in [1.165, 1.54) is 12.8 Å². The van der Waals surface area contributed by atoms with Crippen molar-refractivity contribution in [3.8, 4) is 0 Å². The standard InChI is InChI=1S/C13H25NO3/c1-4-8-14-13(10-16-3,11-6-7-11)9-12(15)17-5-2/h11,14H,4-10H2,1-3H3. The molecule has 1 N–H and O–H groups in total.